The third-order valence-electron chi connectivity index (χ3n) is 12.2. The van der Waals surface area contributed by atoms with Crippen molar-refractivity contribution in [2.45, 2.75) is 13.8 Å². The minimum Gasteiger partial charge on any atom is -0.456 e. The van der Waals surface area contributed by atoms with Crippen molar-refractivity contribution < 1.29 is 42.1 Å². The Bertz CT molecular complexity index is 3930. The Morgan fingerprint density at radius 2 is 0.729 bits per heavy atom. The van der Waals surface area contributed by atoms with Gasteiger partial charge in [0, 0.05) is 57.6 Å². The maximum atomic E-state index is 4.76. The van der Waals surface area contributed by atoms with Crippen molar-refractivity contribution in [2.75, 3.05) is 0 Å². The number of aromatic nitrogens is 8. The third kappa shape index (κ3) is 8.97. The molecule has 0 saturated carbocycles. The molecule has 0 aliphatic carbocycles. The largest absolute Gasteiger partial charge is 2.00 e. The number of benzene rings is 6. The van der Waals surface area contributed by atoms with Gasteiger partial charge >= 0.3 is 42.1 Å². The van der Waals surface area contributed by atoms with Gasteiger partial charge in [0.15, 0.2) is 0 Å². The Morgan fingerprint density at radius 1 is 0.371 bits per heavy atom. The molecule has 0 saturated heterocycles. The summed E-state index contributed by atoms with van der Waals surface area (Å²) in [5.74, 6) is 0. The van der Waals surface area contributed by atoms with E-state index in [9.17, 15) is 0 Å². The molecule has 344 valence electrons. The molecule has 14 aromatic rings. The molecule has 0 amide bonds. The number of rotatable bonds is 0. The molecule has 0 unspecified atom stereocenters. The molecule has 6 aromatic carbocycles. The first kappa shape index (κ1) is 47.6. The van der Waals surface area contributed by atoms with Crippen LogP contribution in [0.15, 0.2) is 195 Å². The Hall–Kier alpha value is -7.50. The van der Waals surface area contributed by atoms with Crippen LogP contribution >= 0.6 is 0 Å². The van der Waals surface area contributed by atoms with E-state index in [1.54, 1.807) is 9.13 Å². The van der Waals surface area contributed by atoms with Crippen molar-refractivity contribution in [3.63, 3.8) is 0 Å². The monoisotopic (exact) mass is 1270 g/mol. The molecule has 10 heteroatoms. The fourth-order valence-electron chi connectivity index (χ4n) is 9.32. The summed E-state index contributed by atoms with van der Waals surface area (Å²) in [7, 11) is 3.81. The van der Waals surface area contributed by atoms with E-state index in [-0.39, 0.29) is 42.1 Å². The Kier molecular flexibility index (Phi) is 14.0. The maximum Gasteiger partial charge on any atom is 2.00 e. The van der Waals surface area contributed by atoms with Gasteiger partial charge in [-0.25, -0.2) is 9.97 Å². The number of imidazole rings is 2. The molecular weight excluding hydrogens is 1220 g/mol. The van der Waals surface area contributed by atoms with Gasteiger partial charge in [-0.3, -0.25) is 0 Å². The molecule has 0 bridgehead atoms. The van der Waals surface area contributed by atoms with Crippen molar-refractivity contribution >= 4 is 98.0 Å². The smallest absolute Gasteiger partial charge is 0.456 e. The molecular formula is C60H44N8Pt2. The van der Waals surface area contributed by atoms with Gasteiger partial charge in [0.05, 0.1) is 0 Å². The number of para-hydroxylation sites is 4. The van der Waals surface area contributed by atoms with Crippen molar-refractivity contribution in [2.24, 2.45) is 14.1 Å². The van der Waals surface area contributed by atoms with Gasteiger partial charge in [-0.15, -0.1) is 34.6 Å². The second-order valence-corrected chi connectivity index (χ2v) is 16.8. The molecule has 8 nitrogen and oxygen atoms in total. The quantitative estimate of drug-likeness (QED) is 0.142. The second-order valence-electron chi connectivity index (χ2n) is 16.8. The molecule has 14 rings (SSSR count). The predicted molar refractivity (Wildman–Crippen MR) is 279 cm³/mol. The first-order valence-corrected chi connectivity index (χ1v) is 22.5. The minimum absolute atomic E-state index is 0. The van der Waals surface area contributed by atoms with Crippen LogP contribution < -0.4 is 0 Å². The topological polar surface area (TPSA) is 70.2 Å². The summed E-state index contributed by atoms with van der Waals surface area (Å²) in [6.45, 7) is 3.88. The Labute approximate surface area is 433 Å². The van der Waals surface area contributed by atoms with Gasteiger partial charge in [-0.05, 0) is 70.7 Å². The van der Waals surface area contributed by atoms with Gasteiger partial charge < -0.3 is 27.9 Å². The molecule has 0 aliphatic heterocycles. The fourth-order valence-corrected chi connectivity index (χ4v) is 9.32. The summed E-state index contributed by atoms with van der Waals surface area (Å²) in [5.41, 5.74) is 8.41. The van der Waals surface area contributed by atoms with E-state index < -0.39 is 0 Å². The Morgan fingerprint density at radius 3 is 1.11 bits per heavy atom. The van der Waals surface area contributed by atoms with E-state index in [4.69, 9.17) is 9.97 Å². The van der Waals surface area contributed by atoms with Gasteiger partial charge in [0.1, 0.15) is 11.3 Å². The van der Waals surface area contributed by atoms with Gasteiger partial charge in [0.2, 0.25) is 0 Å². The number of aryl methyl sites for hydroxylation is 4. The zero-order chi connectivity index (χ0) is 46.1. The van der Waals surface area contributed by atoms with Crippen molar-refractivity contribution in [1.29, 1.82) is 0 Å². The summed E-state index contributed by atoms with van der Waals surface area (Å²) < 4.78 is 8.13. The fraction of sp³-hybridized carbons (Fsp3) is 0.0667. The maximum absolute atomic E-state index is 4.76. The molecule has 0 radical (unpaired) electrons. The van der Waals surface area contributed by atoms with Crippen LogP contribution in [0.1, 0.15) is 11.4 Å². The van der Waals surface area contributed by atoms with Gasteiger partial charge in [-0.1, -0.05) is 134 Å². The standard InChI is InChI=1S/2C25H15N2.2C5H7N2.2Pt/c2*1-2-9-19-17(7-1)14-15-18-8-6-16-26-25(18)27-23-13-4-3-10-20(23)22-12-5-11-21(19)24(22)27;2*1-5-3-7(2)4-6-5;;/h2*1-12,14-16H;2*3H,1-2H3;;/q4*-1;2*+2. The summed E-state index contributed by atoms with van der Waals surface area (Å²) in [4.78, 5) is 17.2. The number of nitrogens with zero attached hydrogens (tertiary/aromatic N) is 8. The molecule has 8 aromatic heterocycles. The summed E-state index contributed by atoms with van der Waals surface area (Å²) in [6.07, 6.45) is 13.0. The average Bonchev–Trinajstić information content (AvgIpc) is 4.16. The van der Waals surface area contributed by atoms with Crippen LogP contribution in [0.4, 0.5) is 0 Å². The second kappa shape index (κ2) is 20.6. The first-order valence-electron chi connectivity index (χ1n) is 22.5. The molecule has 70 heavy (non-hydrogen) atoms. The third-order valence-corrected chi connectivity index (χ3v) is 12.2. The van der Waals surface area contributed by atoms with E-state index in [1.165, 1.54) is 64.9 Å². The molecule has 0 N–H and O–H groups in total. The zero-order valence-corrected chi connectivity index (χ0v) is 43.2. The van der Waals surface area contributed by atoms with E-state index >= 15 is 0 Å². The van der Waals surface area contributed by atoms with Gasteiger partial charge in [-0.2, -0.15) is 48.5 Å². The van der Waals surface area contributed by atoms with E-state index in [1.807, 2.05) is 77.0 Å². The molecule has 0 spiro atoms. The normalized spacial score (nSPS) is 10.9. The number of hydrogen-bond donors (Lipinski definition) is 0. The predicted octanol–water partition coefficient (Wildman–Crippen LogP) is 13.7. The summed E-state index contributed by atoms with van der Waals surface area (Å²) >= 11 is 0. The van der Waals surface area contributed by atoms with Crippen LogP contribution in [-0.2, 0) is 56.2 Å². The van der Waals surface area contributed by atoms with Crippen LogP contribution in [0, 0.1) is 38.6 Å². The summed E-state index contributed by atoms with van der Waals surface area (Å²) in [6, 6.07) is 66.5. The number of pyridine rings is 2. The van der Waals surface area contributed by atoms with Crippen LogP contribution in [0.3, 0.4) is 0 Å². The van der Waals surface area contributed by atoms with E-state index in [0.29, 0.717) is 0 Å². The van der Waals surface area contributed by atoms with E-state index in [2.05, 4.69) is 189 Å². The molecule has 0 aliphatic rings. The molecule has 8 heterocycles. The Balaban J connectivity index is 0.000000133. The van der Waals surface area contributed by atoms with E-state index in [0.717, 1.165) is 44.5 Å². The van der Waals surface area contributed by atoms with Crippen molar-refractivity contribution in [3.05, 3.63) is 231 Å². The average molecular weight is 1270 g/mol. The minimum atomic E-state index is 0. The first-order chi connectivity index (χ1) is 33.4. The zero-order valence-electron chi connectivity index (χ0n) is 38.7. The molecule has 0 atom stereocenters. The summed E-state index contributed by atoms with van der Waals surface area (Å²) in [5, 5.41) is 14.4. The van der Waals surface area contributed by atoms with Crippen LogP contribution in [0.25, 0.3) is 98.0 Å². The van der Waals surface area contributed by atoms with Crippen molar-refractivity contribution in [3.8, 4) is 0 Å². The van der Waals surface area contributed by atoms with Crippen LogP contribution in [0.5, 0.6) is 0 Å². The van der Waals surface area contributed by atoms with Crippen LogP contribution in [0.2, 0.25) is 0 Å². The SMILES string of the molecule is Cc1cn(C)[c-]n1.Cc1cn(C)[c-]n1.[Pt+2].[Pt+2].[c-]1cccc2c3cccc4c5ccccc5ccc5cccnc5n(c12)c43.[c-]1cccc2c3cccc4c5ccccc5ccc5cccnc5n(c12)c43. The number of hydrogen-bond acceptors (Lipinski definition) is 4. The van der Waals surface area contributed by atoms with Gasteiger partial charge in [0.25, 0.3) is 0 Å². The van der Waals surface area contributed by atoms with Crippen LogP contribution in [-0.4, -0.2) is 37.9 Å². The number of fused-ring (bicyclic) bond motifs is 14. The van der Waals surface area contributed by atoms with Crippen molar-refractivity contribution in [1.82, 2.24) is 37.9 Å². The molecule has 0 fully saturated rings.